The fourth-order valence-electron chi connectivity index (χ4n) is 13.3. The highest BCUT2D eigenvalue weighted by Gasteiger charge is 2.46. The Kier molecular flexibility index (Phi) is 10.6. The molecular weight excluding hydrogens is 929 g/mol. The van der Waals surface area contributed by atoms with Crippen molar-refractivity contribution in [2.75, 3.05) is 4.90 Å². The summed E-state index contributed by atoms with van der Waals surface area (Å²) >= 11 is 0. The van der Waals surface area contributed by atoms with Crippen molar-refractivity contribution in [3.05, 3.63) is 336 Å². The number of anilines is 3. The van der Waals surface area contributed by atoms with Gasteiger partial charge in [-0.3, -0.25) is 0 Å². The van der Waals surface area contributed by atoms with Gasteiger partial charge < -0.3 is 9.47 Å². The van der Waals surface area contributed by atoms with Crippen LogP contribution in [0.5, 0.6) is 0 Å². The van der Waals surface area contributed by atoms with Gasteiger partial charge in [0, 0.05) is 39.4 Å². The zero-order valence-electron chi connectivity index (χ0n) is 42.5. The summed E-state index contributed by atoms with van der Waals surface area (Å²) in [4.78, 5) is 2.42. The molecule has 0 fully saturated rings. The smallest absolute Gasteiger partial charge is 0.0714 e. The fraction of sp³-hybridized carbons (Fsp3) is 0.0400. The Morgan fingerprint density at radius 1 is 0.338 bits per heavy atom. The van der Waals surface area contributed by atoms with Gasteiger partial charge in [-0.1, -0.05) is 224 Å². The van der Waals surface area contributed by atoms with Gasteiger partial charge in [0.15, 0.2) is 0 Å². The van der Waals surface area contributed by atoms with Crippen LogP contribution >= 0.6 is 0 Å². The van der Waals surface area contributed by atoms with Gasteiger partial charge in [0.25, 0.3) is 0 Å². The quantitative estimate of drug-likeness (QED) is 0.133. The fourth-order valence-corrected chi connectivity index (χ4v) is 13.3. The highest BCUT2D eigenvalue weighted by atomic mass is 15.1. The van der Waals surface area contributed by atoms with E-state index in [9.17, 15) is 0 Å². The van der Waals surface area contributed by atoms with Crippen molar-refractivity contribution in [2.24, 2.45) is 0 Å². The van der Waals surface area contributed by atoms with E-state index in [1.807, 2.05) is 0 Å². The first-order valence-corrected chi connectivity index (χ1v) is 26.9. The summed E-state index contributed by atoms with van der Waals surface area (Å²) in [5.74, 6) is 0.203. The van der Waals surface area contributed by atoms with E-state index >= 15 is 0 Å². The number of rotatable bonds is 10. The SMILES string of the molecule is c1ccc(CC2c3ccccc3-c3cc(-c4ccc(N(c5ccccc5)c5ccc6c(c5)C(c5ccccc5)(c5ccccc5)c5ccccc5-6)cc4)cc(-c4ccc(-n5c6ccccc6c6ccccc65)cc4)c32)cc1. The van der Waals surface area contributed by atoms with E-state index in [-0.39, 0.29) is 5.92 Å². The Balaban J connectivity index is 0.873. The van der Waals surface area contributed by atoms with Crippen LogP contribution in [0.2, 0.25) is 0 Å². The Labute approximate surface area is 450 Å². The maximum Gasteiger partial charge on any atom is 0.0714 e. The summed E-state index contributed by atoms with van der Waals surface area (Å²) < 4.78 is 2.41. The first kappa shape index (κ1) is 44.7. The molecule has 2 aliphatic carbocycles. The van der Waals surface area contributed by atoms with E-state index in [2.05, 4.69) is 307 Å². The molecule has 362 valence electrons. The second-order valence-electron chi connectivity index (χ2n) is 20.7. The summed E-state index contributed by atoms with van der Waals surface area (Å²) in [6.07, 6.45) is 0.924. The van der Waals surface area contributed by atoms with Gasteiger partial charge in [-0.2, -0.15) is 0 Å². The lowest BCUT2D eigenvalue weighted by Gasteiger charge is -2.35. The molecule has 0 aliphatic heterocycles. The zero-order valence-corrected chi connectivity index (χ0v) is 42.5. The third-order valence-corrected chi connectivity index (χ3v) is 16.6. The standard InChI is InChI=1S/C75H52N2/c1-5-21-51(22-6-1)47-68-61-29-13-14-30-62(61)69-49-54(48-67(74(68)69)53-39-43-59(44-40-53)77-72-35-19-16-32-65(72)66-33-17-20-36-73(66)77)52-37-41-58(42-38-52)76(57-27-11-4-12-28-57)60-45-46-64-63-31-15-18-34-70(63)75(71(64)50-60,55-23-7-2-8-24-55)56-25-9-3-10-26-56/h1-46,48-50,68H,47H2. The third kappa shape index (κ3) is 7.17. The van der Waals surface area contributed by atoms with Crippen molar-refractivity contribution in [1.82, 2.24) is 4.57 Å². The Hall–Kier alpha value is -9.76. The van der Waals surface area contributed by atoms with Crippen molar-refractivity contribution in [3.8, 4) is 50.2 Å². The van der Waals surface area contributed by atoms with Gasteiger partial charge in [0.05, 0.1) is 16.4 Å². The van der Waals surface area contributed by atoms with Gasteiger partial charge in [-0.15, -0.1) is 0 Å². The van der Waals surface area contributed by atoms with E-state index in [1.165, 1.54) is 105 Å². The molecule has 0 spiro atoms. The van der Waals surface area contributed by atoms with Gasteiger partial charge in [0.1, 0.15) is 0 Å². The molecule has 0 amide bonds. The molecule has 77 heavy (non-hydrogen) atoms. The van der Waals surface area contributed by atoms with Gasteiger partial charge >= 0.3 is 0 Å². The van der Waals surface area contributed by atoms with Crippen molar-refractivity contribution in [1.29, 1.82) is 0 Å². The molecule has 0 saturated heterocycles. The predicted octanol–water partition coefficient (Wildman–Crippen LogP) is 19.3. The molecule has 1 atom stereocenters. The van der Waals surface area contributed by atoms with E-state index < -0.39 is 5.41 Å². The zero-order chi connectivity index (χ0) is 50.9. The summed E-state index contributed by atoms with van der Waals surface area (Å²) in [6, 6.07) is 110. The monoisotopic (exact) mass is 980 g/mol. The molecule has 1 heterocycles. The summed E-state index contributed by atoms with van der Waals surface area (Å²) in [7, 11) is 0. The van der Waals surface area contributed by atoms with Crippen LogP contribution in [-0.2, 0) is 11.8 Å². The predicted molar refractivity (Wildman–Crippen MR) is 321 cm³/mol. The van der Waals surface area contributed by atoms with Gasteiger partial charge in [0.2, 0.25) is 0 Å². The summed E-state index contributed by atoms with van der Waals surface area (Å²) in [5, 5.41) is 2.53. The maximum atomic E-state index is 2.47. The third-order valence-electron chi connectivity index (χ3n) is 16.6. The summed E-state index contributed by atoms with van der Waals surface area (Å²) in [6.45, 7) is 0. The van der Waals surface area contributed by atoms with Crippen LogP contribution in [0, 0.1) is 0 Å². The number of fused-ring (bicyclic) bond motifs is 9. The van der Waals surface area contributed by atoms with E-state index in [4.69, 9.17) is 0 Å². The molecular formula is C75H52N2. The molecule has 12 aromatic carbocycles. The summed E-state index contributed by atoms with van der Waals surface area (Å²) in [5.41, 5.74) is 25.7. The van der Waals surface area contributed by atoms with Crippen LogP contribution in [0.15, 0.2) is 297 Å². The Morgan fingerprint density at radius 2 is 0.844 bits per heavy atom. The van der Waals surface area contributed by atoms with Crippen molar-refractivity contribution >= 4 is 38.9 Å². The van der Waals surface area contributed by atoms with Crippen LogP contribution in [-0.4, -0.2) is 4.57 Å². The van der Waals surface area contributed by atoms with Crippen LogP contribution in [0.4, 0.5) is 17.1 Å². The van der Waals surface area contributed by atoms with E-state index in [0.29, 0.717) is 0 Å². The first-order valence-electron chi connectivity index (χ1n) is 26.9. The van der Waals surface area contributed by atoms with Gasteiger partial charge in [-0.25, -0.2) is 0 Å². The molecule has 0 saturated carbocycles. The number of aromatic nitrogens is 1. The minimum absolute atomic E-state index is 0.203. The van der Waals surface area contributed by atoms with Crippen molar-refractivity contribution in [2.45, 2.75) is 17.8 Å². The number of para-hydroxylation sites is 3. The molecule has 13 aromatic rings. The lowest BCUT2D eigenvalue weighted by Crippen LogP contribution is -2.28. The normalized spacial score (nSPS) is 13.7. The number of benzene rings is 12. The molecule has 1 aromatic heterocycles. The number of hydrogen-bond donors (Lipinski definition) is 0. The molecule has 15 rings (SSSR count). The molecule has 0 bridgehead atoms. The topological polar surface area (TPSA) is 8.17 Å². The van der Waals surface area contributed by atoms with E-state index in [1.54, 1.807) is 0 Å². The average molecular weight is 981 g/mol. The minimum Gasteiger partial charge on any atom is -0.310 e. The highest BCUT2D eigenvalue weighted by molar-refractivity contribution is 6.09. The molecule has 2 nitrogen and oxygen atoms in total. The highest BCUT2D eigenvalue weighted by Crippen LogP contribution is 2.58. The van der Waals surface area contributed by atoms with Crippen LogP contribution in [0.1, 0.15) is 44.9 Å². The Morgan fingerprint density at radius 3 is 1.52 bits per heavy atom. The molecule has 0 N–H and O–H groups in total. The second-order valence-corrected chi connectivity index (χ2v) is 20.7. The second kappa shape index (κ2) is 18.3. The average Bonchev–Trinajstić information content (AvgIpc) is 4.32. The van der Waals surface area contributed by atoms with Crippen molar-refractivity contribution in [3.63, 3.8) is 0 Å². The molecule has 2 aliphatic rings. The number of nitrogens with zero attached hydrogens (tertiary/aromatic N) is 2. The van der Waals surface area contributed by atoms with Crippen LogP contribution in [0.3, 0.4) is 0 Å². The van der Waals surface area contributed by atoms with Gasteiger partial charge in [-0.05, 0) is 163 Å². The lowest BCUT2D eigenvalue weighted by atomic mass is 9.67. The Bertz CT molecular complexity index is 4240. The minimum atomic E-state index is -0.508. The molecule has 2 heteroatoms. The van der Waals surface area contributed by atoms with Crippen LogP contribution in [0.25, 0.3) is 72.0 Å². The first-order chi connectivity index (χ1) is 38.2. The number of hydrogen-bond acceptors (Lipinski definition) is 1. The van der Waals surface area contributed by atoms with Crippen LogP contribution < -0.4 is 4.90 Å². The van der Waals surface area contributed by atoms with Crippen molar-refractivity contribution < 1.29 is 0 Å². The van der Waals surface area contributed by atoms with E-state index in [0.717, 1.165) is 29.2 Å². The maximum absolute atomic E-state index is 2.47. The largest absolute Gasteiger partial charge is 0.310 e. The lowest BCUT2D eigenvalue weighted by molar-refractivity contribution is 0.768. The molecule has 1 unspecified atom stereocenters. The molecule has 0 radical (unpaired) electrons.